The largest absolute Gasteiger partial charge is 0.493 e. The smallest absolute Gasteiger partial charge is 0.247 e. The molecule has 0 radical (unpaired) electrons. The Bertz CT molecular complexity index is 750. The van der Waals surface area contributed by atoms with Gasteiger partial charge in [0.25, 0.3) is 0 Å². The van der Waals surface area contributed by atoms with Crippen LogP contribution in [-0.4, -0.2) is 36.9 Å². The molecule has 4 rings (SSSR count). The van der Waals surface area contributed by atoms with Crippen LogP contribution in [0.25, 0.3) is 0 Å². The van der Waals surface area contributed by atoms with Gasteiger partial charge >= 0.3 is 0 Å². The molecule has 1 aromatic rings. The third-order valence-electron chi connectivity index (χ3n) is 5.89. The lowest BCUT2D eigenvalue weighted by molar-refractivity contribution is -0.140. The van der Waals surface area contributed by atoms with Gasteiger partial charge in [0.05, 0.1) is 31.9 Å². The number of nitrogens with zero attached hydrogens (tertiary/aromatic N) is 2. The van der Waals surface area contributed by atoms with E-state index in [1.165, 1.54) is 12.8 Å². The molecule has 1 heterocycles. The average Bonchev–Trinajstić information content (AvgIpc) is 3.22. The fourth-order valence-electron chi connectivity index (χ4n) is 4.48. The molecule has 1 fully saturated rings. The molecule has 0 saturated heterocycles. The minimum atomic E-state index is 0.00111. The number of benzene rings is 1. The number of hydrogen-bond acceptors (Lipinski definition) is 4. The van der Waals surface area contributed by atoms with Crippen LogP contribution in [0, 0.1) is 11.8 Å². The van der Waals surface area contributed by atoms with Crippen molar-refractivity contribution in [2.24, 2.45) is 16.9 Å². The number of hydrazone groups is 1. The van der Waals surface area contributed by atoms with Crippen LogP contribution < -0.4 is 9.47 Å². The minimum absolute atomic E-state index is 0.00111. The van der Waals surface area contributed by atoms with Crippen LogP contribution in [0.1, 0.15) is 44.1 Å². The van der Waals surface area contributed by atoms with E-state index >= 15 is 0 Å². The van der Waals surface area contributed by atoms with Crippen LogP contribution in [0.4, 0.5) is 0 Å². The summed E-state index contributed by atoms with van der Waals surface area (Å²) in [4.78, 5) is 13.1. The van der Waals surface area contributed by atoms with E-state index in [1.54, 1.807) is 19.2 Å². The summed E-state index contributed by atoms with van der Waals surface area (Å²) in [6.07, 6.45) is 10.5. The minimum Gasteiger partial charge on any atom is -0.493 e. The number of amides is 1. The van der Waals surface area contributed by atoms with Crippen molar-refractivity contribution in [1.82, 2.24) is 5.01 Å². The lowest BCUT2D eigenvalue weighted by Gasteiger charge is -2.39. The first kappa shape index (κ1) is 17.1. The molecule has 0 bridgehead atoms. The van der Waals surface area contributed by atoms with Crippen LogP contribution in [0.3, 0.4) is 0 Å². The Labute approximate surface area is 154 Å². The number of carbonyl (C=O) groups excluding carboxylic acids is 1. The van der Waals surface area contributed by atoms with Crippen LogP contribution in [-0.2, 0) is 4.79 Å². The van der Waals surface area contributed by atoms with E-state index in [-0.39, 0.29) is 23.8 Å². The van der Waals surface area contributed by atoms with Gasteiger partial charge in [-0.15, -0.1) is 0 Å². The molecule has 2 atom stereocenters. The Hall–Kier alpha value is -2.30. The lowest BCUT2D eigenvalue weighted by Crippen LogP contribution is -2.48. The van der Waals surface area contributed by atoms with Crippen molar-refractivity contribution >= 4 is 11.6 Å². The fraction of sp³-hybridized carbons (Fsp3) is 0.524. The van der Waals surface area contributed by atoms with Gasteiger partial charge in [-0.05, 0) is 43.9 Å². The summed E-state index contributed by atoms with van der Waals surface area (Å²) < 4.78 is 10.8. The van der Waals surface area contributed by atoms with Crippen molar-refractivity contribution in [3.8, 4) is 11.5 Å². The second-order valence-corrected chi connectivity index (χ2v) is 7.33. The molecule has 1 aliphatic heterocycles. The third-order valence-corrected chi connectivity index (χ3v) is 5.89. The van der Waals surface area contributed by atoms with Gasteiger partial charge in [-0.2, -0.15) is 5.10 Å². The van der Waals surface area contributed by atoms with Crippen molar-refractivity contribution in [2.75, 3.05) is 14.2 Å². The Kier molecular flexibility index (Phi) is 4.70. The zero-order chi connectivity index (χ0) is 18.1. The number of hydrogen-bond donors (Lipinski definition) is 0. The van der Waals surface area contributed by atoms with Crippen LogP contribution in [0.5, 0.6) is 11.5 Å². The molecule has 0 spiro atoms. The number of ether oxygens (including phenoxy) is 2. The normalized spacial score (nSPS) is 25.8. The summed E-state index contributed by atoms with van der Waals surface area (Å²) >= 11 is 0. The van der Waals surface area contributed by atoms with E-state index in [0.717, 1.165) is 37.0 Å². The predicted octanol–water partition coefficient (Wildman–Crippen LogP) is 3.78. The Morgan fingerprint density at radius 3 is 2.38 bits per heavy atom. The first-order valence-corrected chi connectivity index (χ1v) is 9.52. The molecule has 26 heavy (non-hydrogen) atoms. The molecule has 3 aliphatic rings. The molecule has 1 saturated carbocycles. The van der Waals surface area contributed by atoms with Gasteiger partial charge in [0.1, 0.15) is 0 Å². The standard InChI is InChI=1S/C21H26N2O3/c1-25-18-12-11-14(13-19(18)26-2)20-16-9-5-6-10-17(16)21(24)23(22-20)15-7-3-4-8-15/h5-6,11-13,15-17H,3-4,7-10H2,1-2H3/t16-,17+/m0/s1. The number of allylic oxidation sites excluding steroid dienone is 2. The van der Waals surface area contributed by atoms with E-state index < -0.39 is 0 Å². The molecule has 5 heteroatoms. The molecule has 0 aromatic heterocycles. The molecule has 2 aliphatic carbocycles. The Morgan fingerprint density at radius 2 is 1.69 bits per heavy atom. The maximum atomic E-state index is 13.1. The van der Waals surface area contributed by atoms with Crippen molar-refractivity contribution in [1.29, 1.82) is 0 Å². The molecule has 1 amide bonds. The first-order valence-electron chi connectivity index (χ1n) is 9.52. The Morgan fingerprint density at radius 1 is 1.00 bits per heavy atom. The Balaban J connectivity index is 1.76. The molecular weight excluding hydrogens is 328 g/mol. The number of fused-ring (bicyclic) bond motifs is 1. The highest BCUT2D eigenvalue weighted by molar-refractivity contribution is 6.07. The van der Waals surface area contributed by atoms with Crippen molar-refractivity contribution in [3.63, 3.8) is 0 Å². The van der Waals surface area contributed by atoms with Gasteiger partial charge in [-0.25, -0.2) is 5.01 Å². The van der Waals surface area contributed by atoms with E-state index in [9.17, 15) is 4.79 Å². The number of rotatable bonds is 4. The summed E-state index contributed by atoms with van der Waals surface area (Å²) in [5, 5.41) is 6.71. The summed E-state index contributed by atoms with van der Waals surface area (Å²) in [6, 6.07) is 6.18. The second-order valence-electron chi connectivity index (χ2n) is 7.33. The zero-order valence-corrected chi connectivity index (χ0v) is 15.5. The highest BCUT2D eigenvalue weighted by Crippen LogP contribution is 2.39. The van der Waals surface area contributed by atoms with Gasteiger partial charge in [-0.3, -0.25) is 4.79 Å². The highest BCUT2D eigenvalue weighted by Gasteiger charge is 2.42. The van der Waals surface area contributed by atoms with Crippen molar-refractivity contribution in [3.05, 3.63) is 35.9 Å². The molecular formula is C21H26N2O3. The summed E-state index contributed by atoms with van der Waals surface area (Å²) in [5.41, 5.74) is 2.02. The highest BCUT2D eigenvalue weighted by atomic mass is 16.5. The van der Waals surface area contributed by atoms with Crippen LogP contribution in [0.2, 0.25) is 0 Å². The molecule has 0 N–H and O–H groups in total. The average molecular weight is 354 g/mol. The van der Waals surface area contributed by atoms with Gasteiger partial charge in [0, 0.05) is 11.5 Å². The summed E-state index contributed by atoms with van der Waals surface area (Å²) in [7, 11) is 3.28. The maximum absolute atomic E-state index is 13.1. The van der Waals surface area contributed by atoms with Crippen LogP contribution in [0.15, 0.2) is 35.5 Å². The third kappa shape index (κ3) is 2.89. The molecule has 0 unspecified atom stereocenters. The van der Waals surface area contributed by atoms with Crippen LogP contribution >= 0.6 is 0 Å². The maximum Gasteiger partial charge on any atom is 0.247 e. The molecule has 138 valence electrons. The van der Waals surface area contributed by atoms with Crippen molar-refractivity contribution in [2.45, 2.75) is 44.6 Å². The van der Waals surface area contributed by atoms with Gasteiger partial charge in [0.15, 0.2) is 11.5 Å². The monoisotopic (exact) mass is 354 g/mol. The fourth-order valence-corrected chi connectivity index (χ4v) is 4.48. The summed E-state index contributed by atoms with van der Waals surface area (Å²) in [6.45, 7) is 0. The van der Waals surface area contributed by atoms with Gasteiger partial charge < -0.3 is 9.47 Å². The number of carbonyl (C=O) groups is 1. The topological polar surface area (TPSA) is 51.1 Å². The second kappa shape index (κ2) is 7.14. The van der Waals surface area contributed by atoms with E-state index in [2.05, 4.69) is 12.2 Å². The van der Waals surface area contributed by atoms with E-state index in [1.807, 2.05) is 18.2 Å². The van der Waals surface area contributed by atoms with Gasteiger partial charge in [-0.1, -0.05) is 25.0 Å². The SMILES string of the molecule is COc1ccc(C2=NN(C3CCCC3)C(=O)[C@@H]3CC=CC[C@H]23)cc1OC. The van der Waals surface area contributed by atoms with E-state index in [4.69, 9.17) is 14.6 Å². The predicted molar refractivity (Wildman–Crippen MR) is 101 cm³/mol. The van der Waals surface area contributed by atoms with E-state index in [0.29, 0.717) is 11.5 Å². The van der Waals surface area contributed by atoms with Gasteiger partial charge in [0.2, 0.25) is 5.91 Å². The quantitative estimate of drug-likeness (QED) is 0.773. The van der Waals surface area contributed by atoms with Crippen molar-refractivity contribution < 1.29 is 14.3 Å². The zero-order valence-electron chi connectivity index (χ0n) is 15.5. The summed E-state index contributed by atoms with van der Waals surface area (Å²) in [5.74, 6) is 1.75. The molecule has 5 nitrogen and oxygen atoms in total. The number of methoxy groups -OCH3 is 2. The first-order chi connectivity index (χ1) is 12.7. The lowest BCUT2D eigenvalue weighted by atomic mass is 9.76. The molecule has 1 aromatic carbocycles.